The van der Waals surface area contributed by atoms with Gasteiger partial charge in [-0.1, -0.05) is 26.8 Å². The van der Waals surface area contributed by atoms with E-state index in [0.717, 1.165) is 30.4 Å². The lowest BCUT2D eigenvalue weighted by Crippen LogP contribution is -2.33. The molecule has 0 radical (unpaired) electrons. The number of hydrogen-bond donors (Lipinski definition) is 3. The van der Waals surface area contributed by atoms with Gasteiger partial charge in [0.15, 0.2) is 11.5 Å². The molecule has 7 heteroatoms. The fraction of sp³-hybridized carbons (Fsp3) is 0.579. The van der Waals surface area contributed by atoms with E-state index in [4.69, 9.17) is 4.18 Å². The van der Waals surface area contributed by atoms with E-state index in [1.165, 1.54) is 0 Å². The maximum absolute atomic E-state index is 11.4. The van der Waals surface area contributed by atoms with Gasteiger partial charge in [-0.25, -0.2) is 0 Å². The first-order valence-electron chi connectivity index (χ1n) is 8.81. The van der Waals surface area contributed by atoms with Crippen LogP contribution in [-0.2, 0) is 28.7 Å². The number of rotatable bonds is 3. The zero-order chi connectivity index (χ0) is 19.5. The van der Waals surface area contributed by atoms with Crippen molar-refractivity contribution in [3.8, 4) is 11.5 Å². The van der Waals surface area contributed by atoms with Gasteiger partial charge < -0.3 is 14.4 Å². The van der Waals surface area contributed by atoms with E-state index in [1.807, 2.05) is 20.8 Å². The molecule has 0 saturated carbocycles. The number of aromatic hydroxyl groups is 1. The SMILES string of the molecule is C=C[C@@]1(C)CCc2c3c(c(O)c(OS(=O)(=O)O)c2[C@H]1O)C(C)(C)CCC3. The normalized spacial score (nSPS) is 27.3. The first kappa shape index (κ1) is 19.2. The molecule has 0 bridgehead atoms. The third-order valence-corrected chi connectivity index (χ3v) is 6.44. The summed E-state index contributed by atoms with van der Waals surface area (Å²) in [7, 11) is -4.86. The highest BCUT2D eigenvalue weighted by Gasteiger charge is 2.44. The lowest BCUT2D eigenvalue weighted by Gasteiger charge is -2.42. The Labute approximate surface area is 154 Å². The van der Waals surface area contributed by atoms with Crippen LogP contribution in [-0.4, -0.2) is 23.2 Å². The summed E-state index contributed by atoms with van der Waals surface area (Å²) in [6.45, 7) is 9.59. The first-order chi connectivity index (χ1) is 11.9. The molecule has 144 valence electrons. The molecule has 2 aliphatic carbocycles. The van der Waals surface area contributed by atoms with Gasteiger partial charge in [0.05, 0.1) is 6.10 Å². The van der Waals surface area contributed by atoms with Gasteiger partial charge in [0, 0.05) is 16.5 Å². The van der Waals surface area contributed by atoms with Crippen LogP contribution in [0.4, 0.5) is 0 Å². The fourth-order valence-corrected chi connectivity index (χ4v) is 4.89. The van der Waals surface area contributed by atoms with Gasteiger partial charge in [0.2, 0.25) is 0 Å². The predicted octanol–water partition coefficient (Wildman–Crippen LogP) is 3.36. The standard InChI is InChI=1S/C19H26O6S/c1-5-19(4)10-8-11-12-7-6-9-18(2,3)14(12)15(20)16(13(11)17(19)21)25-26(22,23)24/h5,17,20-21H,1,6-10H2,2-4H3,(H,22,23,24)/t17-,19+/m1/s1. The van der Waals surface area contributed by atoms with Gasteiger partial charge in [0.25, 0.3) is 0 Å². The van der Waals surface area contributed by atoms with Crippen LogP contribution in [0.1, 0.15) is 68.4 Å². The molecular formula is C19H26O6S. The smallest absolute Gasteiger partial charge is 0.446 e. The number of aliphatic hydroxyl groups excluding tert-OH is 1. The largest absolute Gasteiger partial charge is 0.504 e. The lowest BCUT2D eigenvalue weighted by molar-refractivity contribution is 0.0525. The quantitative estimate of drug-likeness (QED) is 0.547. The average Bonchev–Trinajstić information content (AvgIpc) is 2.52. The van der Waals surface area contributed by atoms with E-state index in [-0.39, 0.29) is 22.5 Å². The van der Waals surface area contributed by atoms with Crippen LogP contribution in [0.15, 0.2) is 12.7 Å². The zero-order valence-corrected chi connectivity index (χ0v) is 16.2. The van der Waals surface area contributed by atoms with Crippen molar-refractivity contribution >= 4 is 10.4 Å². The van der Waals surface area contributed by atoms with E-state index in [9.17, 15) is 23.2 Å². The lowest BCUT2D eigenvalue weighted by atomic mass is 9.64. The number of phenols is 1. The molecular weight excluding hydrogens is 356 g/mol. The van der Waals surface area contributed by atoms with E-state index in [2.05, 4.69) is 6.58 Å². The Morgan fingerprint density at radius 1 is 1.19 bits per heavy atom. The predicted molar refractivity (Wildman–Crippen MR) is 97.8 cm³/mol. The summed E-state index contributed by atoms with van der Waals surface area (Å²) in [6.07, 6.45) is 4.32. The van der Waals surface area contributed by atoms with E-state index >= 15 is 0 Å². The van der Waals surface area contributed by atoms with E-state index in [0.29, 0.717) is 18.4 Å². The van der Waals surface area contributed by atoms with Crippen LogP contribution >= 0.6 is 0 Å². The van der Waals surface area contributed by atoms with Crippen molar-refractivity contribution in [1.29, 1.82) is 0 Å². The molecule has 2 atom stereocenters. The zero-order valence-electron chi connectivity index (χ0n) is 15.4. The first-order valence-corrected chi connectivity index (χ1v) is 10.2. The van der Waals surface area contributed by atoms with Crippen LogP contribution < -0.4 is 4.18 Å². The molecule has 1 aromatic carbocycles. The molecule has 0 aromatic heterocycles. The molecule has 3 N–H and O–H groups in total. The van der Waals surface area contributed by atoms with Crippen LogP contribution in [0.25, 0.3) is 0 Å². The Hall–Kier alpha value is -1.57. The van der Waals surface area contributed by atoms with Gasteiger partial charge in [0.1, 0.15) is 0 Å². The number of hydrogen-bond acceptors (Lipinski definition) is 5. The summed E-state index contributed by atoms with van der Waals surface area (Å²) in [4.78, 5) is 0. The van der Waals surface area contributed by atoms with Crippen molar-refractivity contribution in [2.75, 3.05) is 0 Å². The van der Waals surface area contributed by atoms with Crippen LogP contribution in [0.3, 0.4) is 0 Å². The van der Waals surface area contributed by atoms with E-state index in [1.54, 1.807) is 6.08 Å². The minimum absolute atomic E-state index is 0.241. The van der Waals surface area contributed by atoms with Crippen molar-refractivity contribution in [3.05, 3.63) is 34.9 Å². The molecule has 26 heavy (non-hydrogen) atoms. The number of benzene rings is 1. The van der Waals surface area contributed by atoms with Gasteiger partial charge in [-0.05, 0) is 48.6 Å². The highest BCUT2D eigenvalue weighted by atomic mass is 32.3. The third kappa shape index (κ3) is 2.92. The molecule has 0 spiro atoms. The Bertz CT molecular complexity index is 871. The number of fused-ring (bicyclic) bond motifs is 3. The van der Waals surface area contributed by atoms with Gasteiger partial charge in [-0.2, -0.15) is 8.42 Å². The Morgan fingerprint density at radius 3 is 2.42 bits per heavy atom. The molecule has 0 amide bonds. The number of phenolic OH excluding ortho intramolecular Hbond substituents is 1. The van der Waals surface area contributed by atoms with Crippen molar-refractivity contribution in [3.63, 3.8) is 0 Å². The Morgan fingerprint density at radius 2 is 1.85 bits per heavy atom. The molecule has 0 heterocycles. The van der Waals surface area contributed by atoms with Crippen molar-refractivity contribution < 1.29 is 27.4 Å². The molecule has 0 fully saturated rings. The maximum Gasteiger partial charge on any atom is 0.446 e. The molecule has 3 rings (SSSR count). The highest BCUT2D eigenvalue weighted by molar-refractivity contribution is 7.81. The summed E-state index contributed by atoms with van der Waals surface area (Å²) < 4.78 is 36.9. The van der Waals surface area contributed by atoms with Gasteiger partial charge >= 0.3 is 10.4 Å². The molecule has 6 nitrogen and oxygen atoms in total. The third-order valence-electron chi connectivity index (χ3n) is 6.06. The van der Waals surface area contributed by atoms with Crippen LogP contribution in [0.5, 0.6) is 11.5 Å². The van der Waals surface area contributed by atoms with Crippen LogP contribution in [0.2, 0.25) is 0 Å². The van der Waals surface area contributed by atoms with Crippen molar-refractivity contribution in [1.82, 2.24) is 0 Å². The minimum Gasteiger partial charge on any atom is -0.504 e. The molecule has 2 aliphatic rings. The summed E-state index contributed by atoms with van der Waals surface area (Å²) in [5.41, 5.74) is 1.61. The highest BCUT2D eigenvalue weighted by Crippen LogP contribution is 2.56. The van der Waals surface area contributed by atoms with Gasteiger partial charge in [-0.3, -0.25) is 4.55 Å². The summed E-state index contributed by atoms with van der Waals surface area (Å²) in [5, 5.41) is 21.9. The fourth-order valence-electron chi connectivity index (χ4n) is 4.51. The molecule has 0 unspecified atom stereocenters. The minimum atomic E-state index is -4.86. The van der Waals surface area contributed by atoms with Gasteiger partial charge in [-0.15, -0.1) is 6.58 Å². The monoisotopic (exact) mass is 382 g/mol. The molecule has 0 aliphatic heterocycles. The second-order valence-electron chi connectivity index (χ2n) is 8.28. The summed E-state index contributed by atoms with van der Waals surface area (Å²) in [6, 6.07) is 0. The topological polar surface area (TPSA) is 104 Å². The maximum atomic E-state index is 11.4. The van der Waals surface area contributed by atoms with E-state index < -0.39 is 21.9 Å². The Kier molecular flexibility index (Phi) is 4.41. The number of aliphatic hydroxyl groups is 1. The second kappa shape index (κ2) is 5.97. The van der Waals surface area contributed by atoms with Crippen molar-refractivity contribution in [2.24, 2.45) is 5.41 Å². The molecule has 1 aromatic rings. The summed E-state index contributed by atoms with van der Waals surface area (Å²) in [5.74, 6) is -0.676. The van der Waals surface area contributed by atoms with Crippen LogP contribution in [0, 0.1) is 5.41 Å². The Balaban J connectivity index is 2.38. The second-order valence-corrected chi connectivity index (χ2v) is 9.31. The average molecular weight is 382 g/mol. The molecule has 0 saturated heterocycles. The van der Waals surface area contributed by atoms with Crippen molar-refractivity contribution in [2.45, 2.75) is 64.4 Å². The summed E-state index contributed by atoms with van der Waals surface area (Å²) >= 11 is 0.